The van der Waals surface area contributed by atoms with Gasteiger partial charge in [-0.05, 0) is 26.2 Å². The van der Waals surface area contributed by atoms with Crippen molar-refractivity contribution in [3.63, 3.8) is 0 Å². The Morgan fingerprint density at radius 2 is 2.07 bits per heavy atom. The van der Waals surface area contributed by atoms with Crippen LogP contribution in [-0.4, -0.2) is 18.5 Å². The van der Waals surface area contributed by atoms with Crippen molar-refractivity contribution in [2.45, 2.75) is 52.0 Å². The van der Waals surface area contributed by atoms with Gasteiger partial charge in [-0.1, -0.05) is 19.8 Å². The summed E-state index contributed by atoms with van der Waals surface area (Å²) in [5.74, 6) is 0.218. The van der Waals surface area contributed by atoms with Crippen LogP contribution in [-0.2, 0) is 4.79 Å². The summed E-state index contributed by atoms with van der Waals surface area (Å²) in [4.78, 5) is 12.0. The molecule has 3 N–H and O–H groups in total. The number of hydrogen-bond acceptors (Lipinski definition) is 2. The van der Waals surface area contributed by atoms with Crippen LogP contribution in [0, 0.1) is 5.41 Å². The lowest BCUT2D eigenvalue weighted by atomic mass is 9.82. The lowest BCUT2D eigenvalue weighted by Gasteiger charge is -2.27. The van der Waals surface area contributed by atoms with Crippen LogP contribution in [0.25, 0.3) is 0 Å². The summed E-state index contributed by atoms with van der Waals surface area (Å²) < 4.78 is 0. The number of carbonyl (C=O) groups is 1. The second-order valence-electron chi connectivity index (χ2n) is 4.45. The molecular weight excluding hydrogens is 176 g/mol. The first-order chi connectivity index (χ1) is 6.64. The molecule has 1 saturated carbocycles. The molecule has 1 rings (SSSR count). The van der Waals surface area contributed by atoms with Gasteiger partial charge in [-0.3, -0.25) is 4.79 Å². The van der Waals surface area contributed by atoms with Gasteiger partial charge in [0.1, 0.15) is 0 Å². The Kier molecular flexibility index (Phi) is 3.93. The highest BCUT2D eigenvalue weighted by molar-refractivity contribution is 5.83. The molecule has 1 aliphatic rings. The zero-order valence-corrected chi connectivity index (χ0v) is 9.31. The van der Waals surface area contributed by atoms with Crippen molar-refractivity contribution in [2.24, 2.45) is 11.1 Å². The van der Waals surface area contributed by atoms with Crippen LogP contribution in [0.1, 0.15) is 46.0 Å². The quantitative estimate of drug-likeness (QED) is 0.718. The molecule has 82 valence electrons. The lowest BCUT2D eigenvalue weighted by molar-refractivity contribution is -0.131. The van der Waals surface area contributed by atoms with Crippen molar-refractivity contribution in [1.82, 2.24) is 5.32 Å². The number of nitrogens with two attached hydrogens (primary N) is 1. The predicted molar refractivity (Wildman–Crippen MR) is 57.9 cm³/mol. The zero-order chi connectivity index (χ0) is 10.6. The first-order valence-corrected chi connectivity index (χ1v) is 5.65. The molecule has 0 saturated heterocycles. The molecule has 0 aromatic rings. The molecule has 1 unspecified atom stereocenters. The highest BCUT2D eigenvalue weighted by atomic mass is 16.2. The summed E-state index contributed by atoms with van der Waals surface area (Å²) >= 11 is 0. The third kappa shape index (κ3) is 2.27. The van der Waals surface area contributed by atoms with Crippen LogP contribution in [0.15, 0.2) is 0 Å². The molecule has 1 atom stereocenters. The van der Waals surface area contributed by atoms with Crippen molar-refractivity contribution in [1.29, 1.82) is 0 Å². The standard InChI is InChI=1S/C11H22N2O/c1-3-11(6-4-5-7-11)10(14)13-9(2)8-12/h9H,3-8,12H2,1-2H3,(H,13,14). The van der Waals surface area contributed by atoms with Crippen molar-refractivity contribution >= 4 is 5.91 Å². The van der Waals surface area contributed by atoms with E-state index in [9.17, 15) is 4.79 Å². The van der Waals surface area contributed by atoms with E-state index in [1.165, 1.54) is 12.8 Å². The second kappa shape index (κ2) is 4.78. The molecule has 1 fully saturated rings. The van der Waals surface area contributed by atoms with Crippen LogP contribution in [0.3, 0.4) is 0 Å². The fraction of sp³-hybridized carbons (Fsp3) is 0.909. The normalized spacial score (nSPS) is 21.9. The monoisotopic (exact) mass is 198 g/mol. The maximum Gasteiger partial charge on any atom is 0.226 e. The average molecular weight is 198 g/mol. The summed E-state index contributed by atoms with van der Waals surface area (Å²) in [5.41, 5.74) is 5.41. The van der Waals surface area contributed by atoms with Gasteiger partial charge in [0, 0.05) is 18.0 Å². The van der Waals surface area contributed by atoms with E-state index in [2.05, 4.69) is 12.2 Å². The molecule has 0 aliphatic heterocycles. The number of rotatable bonds is 4. The van der Waals surface area contributed by atoms with Crippen LogP contribution in [0.4, 0.5) is 0 Å². The zero-order valence-electron chi connectivity index (χ0n) is 9.31. The van der Waals surface area contributed by atoms with Gasteiger partial charge in [-0.2, -0.15) is 0 Å². The Balaban J connectivity index is 2.56. The highest BCUT2D eigenvalue weighted by Crippen LogP contribution is 2.41. The maximum atomic E-state index is 12.0. The van der Waals surface area contributed by atoms with Crippen molar-refractivity contribution < 1.29 is 4.79 Å². The van der Waals surface area contributed by atoms with E-state index in [4.69, 9.17) is 5.73 Å². The summed E-state index contributed by atoms with van der Waals surface area (Å²) in [6.45, 7) is 4.58. The van der Waals surface area contributed by atoms with Gasteiger partial charge in [-0.15, -0.1) is 0 Å². The smallest absolute Gasteiger partial charge is 0.226 e. The van der Waals surface area contributed by atoms with Crippen molar-refractivity contribution in [3.05, 3.63) is 0 Å². The van der Waals surface area contributed by atoms with E-state index in [0.29, 0.717) is 6.54 Å². The molecule has 14 heavy (non-hydrogen) atoms. The Morgan fingerprint density at radius 3 is 2.50 bits per heavy atom. The number of amides is 1. The summed E-state index contributed by atoms with van der Waals surface area (Å²) in [6.07, 6.45) is 5.44. The summed E-state index contributed by atoms with van der Waals surface area (Å²) in [6, 6.07) is 0.103. The first kappa shape index (κ1) is 11.5. The second-order valence-corrected chi connectivity index (χ2v) is 4.45. The van der Waals surface area contributed by atoms with E-state index in [1.54, 1.807) is 0 Å². The largest absolute Gasteiger partial charge is 0.352 e. The number of nitrogens with one attached hydrogen (secondary N) is 1. The molecule has 0 bridgehead atoms. The Labute approximate surface area is 86.4 Å². The topological polar surface area (TPSA) is 55.1 Å². The molecular formula is C11H22N2O. The van der Waals surface area contributed by atoms with Gasteiger partial charge in [-0.25, -0.2) is 0 Å². The SMILES string of the molecule is CCC1(C(=O)NC(C)CN)CCCC1. The minimum atomic E-state index is -0.0799. The Hall–Kier alpha value is -0.570. The minimum Gasteiger partial charge on any atom is -0.352 e. The number of carbonyl (C=O) groups excluding carboxylic acids is 1. The van der Waals surface area contributed by atoms with Gasteiger partial charge in [0.25, 0.3) is 0 Å². The van der Waals surface area contributed by atoms with Gasteiger partial charge in [0.05, 0.1) is 0 Å². The molecule has 0 aromatic carbocycles. The Morgan fingerprint density at radius 1 is 1.50 bits per heavy atom. The average Bonchev–Trinajstić information content (AvgIpc) is 2.67. The highest BCUT2D eigenvalue weighted by Gasteiger charge is 2.39. The van der Waals surface area contributed by atoms with Crippen LogP contribution in [0.2, 0.25) is 0 Å². The predicted octanol–water partition coefficient (Wildman–Crippen LogP) is 1.42. The fourth-order valence-electron chi connectivity index (χ4n) is 2.23. The molecule has 3 nitrogen and oxygen atoms in total. The molecule has 3 heteroatoms. The molecule has 0 heterocycles. The van der Waals surface area contributed by atoms with E-state index in [0.717, 1.165) is 19.3 Å². The van der Waals surface area contributed by atoms with Gasteiger partial charge >= 0.3 is 0 Å². The molecule has 0 aromatic heterocycles. The van der Waals surface area contributed by atoms with Gasteiger partial charge < -0.3 is 11.1 Å². The van der Waals surface area contributed by atoms with Crippen LogP contribution >= 0.6 is 0 Å². The Bertz CT molecular complexity index is 197. The third-order valence-corrected chi connectivity index (χ3v) is 3.45. The van der Waals surface area contributed by atoms with E-state index < -0.39 is 0 Å². The maximum absolute atomic E-state index is 12.0. The molecule has 0 spiro atoms. The third-order valence-electron chi connectivity index (χ3n) is 3.45. The molecule has 1 aliphatic carbocycles. The van der Waals surface area contributed by atoms with E-state index in [-0.39, 0.29) is 17.4 Å². The van der Waals surface area contributed by atoms with Gasteiger partial charge in [0.2, 0.25) is 5.91 Å². The number of hydrogen-bond donors (Lipinski definition) is 2. The van der Waals surface area contributed by atoms with Crippen molar-refractivity contribution in [2.75, 3.05) is 6.54 Å². The van der Waals surface area contributed by atoms with Crippen LogP contribution in [0.5, 0.6) is 0 Å². The van der Waals surface area contributed by atoms with Gasteiger partial charge in [0.15, 0.2) is 0 Å². The minimum absolute atomic E-state index is 0.0799. The summed E-state index contributed by atoms with van der Waals surface area (Å²) in [7, 11) is 0. The molecule has 0 radical (unpaired) electrons. The van der Waals surface area contributed by atoms with E-state index in [1.807, 2.05) is 6.92 Å². The van der Waals surface area contributed by atoms with Crippen molar-refractivity contribution in [3.8, 4) is 0 Å². The van der Waals surface area contributed by atoms with E-state index >= 15 is 0 Å². The van der Waals surface area contributed by atoms with Crippen LogP contribution < -0.4 is 11.1 Å². The fourth-order valence-corrected chi connectivity index (χ4v) is 2.23. The lowest BCUT2D eigenvalue weighted by Crippen LogP contribution is -2.45. The first-order valence-electron chi connectivity index (χ1n) is 5.65. The summed E-state index contributed by atoms with van der Waals surface area (Å²) in [5, 5.41) is 3.00. The molecule has 1 amide bonds.